The first-order chi connectivity index (χ1) is 5.58. The predicted octanol–water partition coefficient (Wildman–Crippen LogP) is 4.49. The van der Waals surface area contributed by atoms with Crippen molar-refractivity contribution in [3.05, 3.63) is 0 Å². The minimum absolute atomic E-state index is 0.484. The Morgan fingerprint density at radius 1 is 1.08 bits per heavy atom. The van der Waals surface area contributed by atoms with Crippen LogP contribution in [0.25, 0.3) is 0 Å². The molecule has 0 aromatic rings. The monoisotopic (exact) mass is 182 g/mol. The molecule has 0 spiro atoms. The lowest BCUT2D eigenvalue weighted by molar-refractivity contribution is 0.126. The van der Waals surface area contributed by atoms with Gasteiger partial charge in [0.15, 0.2) is 0 Å². The van der Waals surface area contributed by atoms with Crippen molar-refractivity contribution in [3.8, 4) is 0 Å². The van der Waals surface area contributed by atoms with Crippen molar-refractivity contribution in [1.82, 2.24) is 0 Å². The maximum absolute atomic E-state index is 2.41. The highest BCUT2D eigenvalue weighted by molar-refractivity contribution is 5.08. The van der Waals surface area contributed by atoms with E-state index in [0.29, 0.717) is 16.2 Å². The number of rotatable bonds is 1. The highest BCUT2D eigenvalue weighted by Crippen LogP contribution is 2.67. The van der Waals surface area contributed by atoms with Crippen LogP contribution in [0.3, 0.4) is 0 Å². The molecule has 78 valence electrons. The molecule has 1 fully saturated rings. The van der Waals surface area contributed by atoms with E-state index in [1.54, 1.807) is 0 Å². The van der Waals surface area contributed by atoms with Gasteiger partial charge in [-0.25, -0.2) is 0 Å². The smallest absolute Gasteiger partial charge is 0.0215 e. The fourth-order valence-electron chi connectivity index (χ4n) is 2.99. The van der Waals surface area contributed by atoms with Gasteiger partial charge in [0.2, 0.25) is 0 Å². The van der Waals surface area contributed by atoms with Gasteiger partial charge in [-0.2, -0.15) is 0 Å². The largest absolute Gasteiger partial charge is 0.0619 e. The van der Waals surface area contributed by atoms with Crippen LogP contribution < -0.4 is 0 Å². The first-order valence-electron chi connectivity index (χ1n) is 5.58. The van der Waals surface area contributed by atoms with E-state index in [9.17, 15) is 0 Å². The van der Waals surface area contributed by atoms with E-state index in [1.807, 2.05) is 0 Å². The van der Waals surface area contributed by atoms with Gasteiger partial charge in [0.05, 0.1) is 0 Å². The van der Waals surface area contributed by atoms with Crippen LogP contribution in [-0.4, -0.2) is 0 Å². The Bertz CT molecular complexity index is 189. The van der Waals surface area contributed by atoms with Gasteiger partial charge in [-0.1, -0.05) is 48.5 Å². The normalized spacial score (nSPS) is 34.8. The molecule has 1 rings (SSSR count). The summed E-state index contributed by atoms with van der Waals surface area (Å²) in [5.41, 5.74) is 1.60. The summed E-state index contributed by atoms with van der Waals surface area (Å²) in [5, 5.41) is 0. The summed E-state index contributed by atoms with van der Waals surface area (Å²) in [6.45, 7) is 16.7. The van der Waals surface area contributed by atoms with Crippen LogP contribution in [0, 0.1) is 22.2 Å². The molecular weight excluding hydrogens is 156 g/mol. The first kappa shape index (κ1) is 11.1. The third-order valence-corrected chi connectivity index (χ3v) is 3.79. The lowest BCUT2D eigenvalue weighted by atomic mass is 9.68. The van der Waals surface area contributed by atoms with Crippen molar-refractivity contribution in [2.24, 2.45) is 22.2 Å². The van der Waals surface area contributed by atoms with Gasteiger partial charge in [0.1, 0.15) is 0 Å². The Morgan fingerprint density at radius 2 is 1.46 bits per heavy atom. The van der Waals surface area contributed by atoms with Crippen molar-refractivity contribution < 1.29 is 0 Å². The molecule has 2 atom stereocenters. The zero-order chi connectivity index (χ0) is 10.5. The number of hydrogen-bond acceptors (Lipinski definition) is 0. The quantitative estimate of drug-likeness (QED) is 0.560. The first-order valence-corrected chi connectivity index (χ1v) is 5.58. The Morgan fingerprint density at radius 3 is 1.54 bits per heavy atom. The van der Waals surface area contributed by atoms with Gasteiger partial charge >= 0.3 is 0 Å². The molecule has 1 aliphatic carbocycles. The second-order valence-electron chi connectivity index (χ2n) is 7.25. The van der Waals surface area contributed by atoms with E-state index in [0.717, 1.165) is 5.92 Å². The molecule has 0 amide bonds. The summed E-state index contributed by atoms with van der Waals surface area (Å²) in [4.78, 5) is 0. The van der Waals surface area contributed by atoms with Crippen LogP contribution >= 0.6 is 0 Å². The van der Waals surface area contributed by atoms with E-state index >= 15 is 0 Å². The molecule has 0 heteroatoms. The molecule has 0 bridgehead atoms. The molecule has 2 unspecified atom stereocenters. The molecule has 1 aliphatic rings. The molecule has 0 heterocycles. The summed E-state index contributed by atoms with van der Waals surface area (Å²) >= 11 is 0. The second kappa shape index (κ2) is 2.74. The molecule has 0 aromatic carbocycles. The highest BCUT2D eigenvalue weighted by atomic mass is 14.6. The average molecular weight is 182 g/mol. The van der Waals surface area contributed by atoms with E-state index in [-0.39, 0.29) is 0 Å². The summed E-state index contributed by atoms with van der Waals surface area (Å²) in [6.07, 6.45) is 2.82. The molecule has 13 heavy (non-hydrogen) atoms. The van der Waals surface area contributed by atoms with Crippen molar-refractivity contribution in [2.75, 3.05) is 0 Å². The Hall–Kier alpha value is 0. The average Bonchev–Trinajstić information content (AvgIpc) is 2.35. The van der Waals surface area contributed by atoms with E-state index < -0.39 is 0 Å². The van der Waals surface area contributed by atoms with Crippen LogP contribution in [0.1, 0.15) is 61.3 Å². The fraction of sp³-hybridized carbons (Fsp3) is 1.00. The minimum atomic E-state index is 0.484. The summed E-state index contributed by atoms with van der Waals surface area (Å²) in [5.74, 6) is 0.937. The molecule has 0 aliphatic heterocycles. The van der Waals surface area contributed by atoms with Crippen molar-refractivity contribution in [2.45, 2.75) is 61.3 Å². The SMILES string of the molecule is CC1CC1(CC(C)(C)C)C(C)(C)C. The molecule has 1 saturated carbocycles. The molecule has 0 N–H and O–H groups in total. The van der Waals surface area contributed by atoms with Crippen LogP contribution in [0.5, 0.6) is 0 Å². The standard InChI is InChI=1S/C13H26/c1-10-8-13(10,12(5,6)7)9-11(2,3)4/h10H,8-9H2,1-7H3. The Kier molecular flexibility index (Phi) is 2.34. The van der Waals surface area contributed by atoms with Crippen LogP contribution in [-0.2, 0) is 0 Å². The lowest BCUT2D eigenvalue weighted by Crippen LogP contribution is -2.28. The zero-order valence-corrected chi connectivity index (χ0v) is 10.5. The third-order valence-electron chi connectivity index (χ3n) is 3.79. The van der Waals surface area contributed by atoms with Gasteiger partial charge in [0.25, 0.3) is 0 Å². The van der Waals surface area contributed by atoms with Crippen molar-refractivity contribution in [1.29, 1.82) is 0 Å². The van der Waals surface area contributed by atoms with E-state index in [2.05, 4.69) is 48.5 Å². The van der Waals surface area contributed by atoms with Crippen LogP contribution in [0.2, 0.25) is 0 Å². The molecule has 0 saturated heterocycles. The molecular formula is C13H26. The fourth-order valence-corrected chi connectivity index (χ4v) is 2.99. The van der Waals surface area contributed by atoms with Crippen molar-refractivity contribution in [3.63, 3.8) is 0 Å². The zero-order valence-electron chi connectivity index (χ0n) is 10.5. The van der Waals surface area contributed by atoms with Gasteiger partial charge < -0.3 is 0 Å². The number of hydrogen-bond donors (Lipinski definition) is 0. The Labute approximate surface area is 84.1 Å². The highest BCUT2D eigenvalue weighted by Gasteiger charge is 2.58. The van der Waals surface area contributed by atoms with Crippen LogP contribution in [0.4, 0.5) is 0 Å². The van der Waals surface area contributed by atoms with Crippen LogP contribution in [0.15, 0.2) is 0 Å². The van der Waals surface area contributed by atoms with E-state index in [4.69, 9.17) is 0 Å². The molecule has 0 nitrogen and oxygen atoms in total. The minimum Gasteiger partial charge on any atom is -0.0619 e. The van der Waals surface area contributed by atoms with Gasteiger partial charge in [-0.15, -0.1) is 0 Å². The third kappa shape index (κ3) is 2.08. The predicted molar refractivity (Wildman–Crippen MR) is 59.7 cm³/mol. The van der Waals surface area contributed by atoms with Gasteiger partial charge in [-0.3, -0.25) is 0 Å². The second-order valence-corrected chi connectivity index (χ2v) is 7.25. The molecule has 0 aromatic heterocycles. The van der Waals surface area contributed by atoms with Gasteiger partial charge in [-0.05, 0) is 35.0 Å². The van der Waals surface area contributed by atoms with Gasteiger partial charge in [0, 0.05) is 0 Å². The Balaban J connectivity index is 2.75. The topological polar surface area (TPSA) is 0 Å². The summed E-state index contributed by atoms with van der Waals surface area (Å²) < 4.78 is 0. The maximum Gasteiger partial charge on any atom is -0.0215 e. The summed E-state index contributed by atoms with van der Waals surface area (Å²) in [6, 6.07) is 0. The van der Waals surface area contributed by atoms with E-state index in [1.165, 1.54) is 12.8 Å². The maximum atomic E-state index is 2.41. The molecule has 0 radical (unpaired) electrons. The lowest BCUT2D eigenvalue weighted by Gasteiger charge is -2.37. The summed E-state index contributed by atoms with van der Waals surface area (Å²) in [7, 11) is 0. The van der Waals surface area contributed by atoms with Crippen molar-refractivity contribution >= 4 is 0 Å².